The highest BCUT2D eigenvalue weighted by Crippen LogP contribution is 2.27. The van der Waals surface area contributed by atoms with Crippen LogP contribution in [0.5, 0.6) is 0 Å². The Morgan fingerprint density at radius 1 is 1.46 bits per heavy atom. The van der Waals surface area contributed by atoms with Crippen LogP contribution in [0.25, 0.3) is 0 Å². The lowest BCUT2D eigenvalue weighted by atomic mass is 10.2. The highest BCUT2D eigenvalue weighted by molar-refractivity contribution is 5.66. The van der Waals surface area contributed by atoms with Gasteiger partial charge in [-0.2, -0.15) is 0 Å². The van der Waals surface area contributed by atoms with Gasteiger partial charge in [0.25, 0.3) is 0 Å². The maximum Gasteiger partial charge on any atom is 0.148 e. The molecular weight excluding hydrogens is 171 g/mol. The summed E-state index contributed by atoms with van der Waals surface area (Å²) in [7, 11) is 0. The average molecular weight is 182 g/mol. The first-order valence-corrected chi connectivity index (χ1v) is 4.23. The maximum absolute atomic E-state index is 13.0. The molecule has 0 bridgehead atoms. The maximum atomic E-state index is 13.0. The number of anilines is 2. The lowest BCUT2D eigenvalue weighted by Crippen LogP contribution is -2.18. The first-order chi connectivity index (χ1) is 6.29. The van der Waals surface area contributed by atoms with Crippen molar-refractivity contribution in [2.45, 2.75) is 6.42 Å². The lowest BCUT2D eigenvalue weighted by molar-refractivity contribution is 0.168. The molecule has 2 rings (SSSR count). The molecule has 4 heteroatoms. The highest BCUT2D eigenvalue weighted by atomic mass is 19.1. The van der Waals surface area contributed by atoms with E-state index < -0.39 is 5.82 Å². The molecule has 0 saturated carbocycles. The van der Waals surface area contributed by atoms with Crippen molar-refractivity contribution in [2.75, 3.05) is 23.9 Å². The van der Waals surface area contributed by atoms with E-state index in [-0.39, 0.29) is 5.69 Å². The summed E-state index contributed by atoms with van der Waals surface area (Å²) in [6, 6.07) is 4.72. The SMILES string of the molecule is Nc1c(F)cccc1N1CCCO1. The Bertz CT molecular complexity index is 310. The predicted octanol–water partition coefficient (Wildman–Crippen LogP) is 1.55. The third kappa shape index (κ3) is 1.45. The van der Waals surface area contributed by atoms with Crippen LogP contribution in [0.3, 0.4) is 0 Å². The molecule has 1 fully saturated rings. The second-order valence-corrected chi connectivity index (χ2v) is 2.96. The topological polar surface area (TPSA) is 38.5 Å². The Hall–Kier alpha value is -1.29. The molecule has 13 heavy (non-hydrogen) atoms. The zero-order chi connectivity index (χ0) is 9.26. The Labute approximate surface area is 75.9 Å². The number of benzene rings is 1. The van der Waals surface area contributed by atoms with Gasteiger partial charge in [0.2, 0.25) is 0 Å². The van der Waals surface area contributed by atoms with Gasteiger partial charge < -0.3 is 5.73 Å². The van der Waals surface area contributed by atoms with Crippen LogP contribution in [0.4, 0.5) is 15.8 Å². The molecule has 1 heterocycles. The van der Waals surface area contributed by atoms with Crippen molar-refractivity contribution >= 4 is 11.4 Å². The minimum atomic E-state index is -0.395. The lowest BCUT2D eigenvalue weighted by Gasteiger charge is -2.17. The molecule has 0 radical (unpaired) electrons. The number of para-hydroxylation sites is 1. The summed E-state index contributed by atoms with van der Waals surface area (Å²) in [5.41, 5.74) is 6.35. The molecule has 2 N–H and O–H groups in total. The van der Waals surface area contributed by atoms with Crippen LogP contribution in [0.1, 0.15) is 6.42 Å². The van der Waals surface area contributed by atoms with Gasteiger partial charge in [0.15, 0.2) is 0 Å². The van der Waals surface area contributed by atoms with Gasteiger partial charge in [-0.1, -0.05) is 6.07 Å². The summed E-state index contributed by atoms with van der Waals surface area (Å²) >= 11 is 0. The van der Waals surface area contributed by atoms with Crippen molar-refractivity contribution in [2.24, 2.45) is 0 Å². The monoisotopic (exact) mass is 182 g/mol. The molecule has 0 spiro atoms. The first kappa shape index (κ1) is 8.31. The number of nitrogen functional groups attached to an aromatic ring is 1. The first-order valence-electron chi connectivity index (χ1n) is 4.23. The number of rotatable bonds is 1. The van der Waals surface area contributed by atoms with E-state index in [1.54, 1.807) is 17.2 Å². The summed E-state index contributed by atoms with van der Waals surface area (Å²) in [6.45, 7) is 1.45. The fourth-order valence-electron chi connectivity index (χ4n) is 1.38. The van der Waals surface area contributed by atoms with Crippen molar-refractivity contribution in [3.05, 3.63) is 24.0 Å². The molecule has 1 aliphatic rings. The molecule has 1 aromatic carbocycles. The van der Waals surface area contributed by atoms with Gasteiger partial charge in [0.1, 0.15) is 5.82 Å². The molecule has 0 aromatic heterocycles. The number of halogens is 1. The zero-order valence-electron chi connectivity index (χ0n) is 7.16. The van der Waals surface area contributed by atoms with Gasteiger partial charge >= 0.3 is 0 Å². The van der Waals surface area contributed by atoms with Gasteiger partial charge in [-0.05, 0) is 18.6 Å². The number of hydrogen-bond acceptors (Lipinski definition) is 3. The van der Waals surface area contributed by atoms with Crippen LogP contribution in [0, 0.1) is 5.82 Å². The summed E-state index contributed by atoms with van der Waals surface area (Å²) in [5.74, 6) is -0.395. The van der Waals surface area contributed by atoms with E-state index in [4.69, 9.17) is 10.6 Å². The van der Waals surface area contributed by atoms with Crippen LogP contribution in [-0.2, 0) is 4.84 Å². The van der Waals surface area contributed by atoms with Gasteiger partial charge in [-0.25, -0.2) is 4.39 Å². The second kappa shape index (κ2) is 3.22. The number of nitrogens with two attached hydrogens (primary N) is 1. The van der Waals surface area contributed by atoms with E-state index in [2.05, 4.69) is 0 Å². The van der Waals surface area contributed by atoms with Crippen molar-refractivity contribution in [1.82, 2.24) is 0 Å². The van der Waals surface area contributed by atoms with Gasteiger partial charge in [0, 0.05) is 6.54 Å². The zero-order valence-corrected chi connectivity index (χ0v) is 7.16. The van der Waals surface area contributed by atoms with Gasteiger partial charge in [-0.3, -0.25) is 9.90 Å². The normalized spacial score (nSPS) is 16.5. The Morgan fingerprint density at radius 3 is 3.00 bits per heavy atom. The molecule has 0 amide bonds. The van der Waals surface area contributed by atoms with E-state index >= 15 is 0 Å². The summed E-state index contributed by atoms with van der Waals surface area (Å²) in [5, 5.41) is 1.64. The molecule has 1 aromatic rings. The van der Waals surface area contributed by atoms with Crippen LogP contribution >= 0.6 is 0 Å². The fourth-order valence-corrected chi connectivity index (χ4v) is 1.38. The van der Waals surface area contributed by atoms with Crippen LogP contribution in [-0.4, -0.2) is 13.2 Å². The summed E-state index contributed by atoms with van der Waals surface area (Å²) in [6.07, 6.45) is 0.954. The van der Waals surface area contributed by atoms with Crippen LogP contribution in [0.15, 0.2) is 18.2 Å². The molecule has 3 nitrogen and oxygen atoms in total. The molecule has 1 saturated heterocycles. The van der Waals surface area contributed by atoms with Crippen LogP contribution < -0.4 is 10.8 Å². The molecule has 0 aliphatic carbocycles. The van der Waals surface area contributed by atoms with Crippen molar-refractivity contribution in [1.29, 1.82) is 0 Å². The van der Waals surface area contributed by atoms with Crippen molar-refractivity contribution in [3.63, 3.8) is 0 Å². The van der Waals surface area contributed by atoms with E-state index in [1.165, 1.54) is 6.07 Å². The van der Waals surface area contributed by atoms with E-state index in [0.29, 0.717) is 12.3 Å². The van der Waals surface area contributed by atoms with Crippen molar-refractivity contribution in [3.8, 4) is 0 Å². The standard InChI is InChI=1S/C9H11FN2O/c10-7-3-1-4-8(9(7)11)12-5-2-6-13-12/h1,3-4H,2,5-6,11H2. The summed E-state index contributed by atoms with van der Waals surface area (Å²) in [4.78, 5) is 5.26. The predicted molar refractivity (Wildman–Crippen MR) is 48.7 cm³/mol. The number of hydroxylamine groups is 1. The minimum Gasteiger partial charge on any atom is -0.395 e. The van der Waals surface area contributed by atoms with Crippen LogP contribution in [0.2, 0.25) is 0 Å². The molecule has 1 aliphatic heterocycles. The average Bonchev–Trinajstić information content (AvgIpc) is 2.62. The Kier molecular flexibility index (Phi) is 2.06. The second-order valence-electron chi connectivity index (χ2n) is 2.96. The Balaban J connectivity index is 2.33. The molecule has 0 unspecified atom stereocenters. The van der Waals surface area contributed by atoms with E-state index in [1.807, 2.05) is 0 Å². The highest BCUT2D eigenvalue weighted by Gasteiger charge is 2.17. The largest absolute Gasteiger partial charge is 0.395 e. The smallest absolute Gasteiger partial charge is 0.148 e. The molecule has 0 atom stereocenters. The summed E-state index contributed by atoms with van der Waals surface area (Å²) < 4.78 is 13.0. The third-order valence-corrected chi connectivity index (χ3v) is 2.05. The van der Waals surface area contributed by atoms with E-state index in [0.717, 1.165) is 13.0 Å². The molecular formula is C9H11FN2O. The van der Waals surface area contributed by atoms with Gasteiger partial charge in [-0.15, -0.1) is 0 Å². The quantitative estimate of drug-likeness (QED) is 0.670. The van der Waals surface area contributed by atoms with E-state index in [9.17, 15) is 4.39 Å². The third-order valence-electron chi connectivity index (χ3n) is 2.05. The molecule has 70 valence electrons. The number of nitrogens with zero attached hydrogens (tertiary/aromatic N) is 1. The fraction of sp³-hybridized carbons (Fsp3) is 0.333. The number of hydrogen-bond donors (Lipinski definition) is 1. The Morgan fingerprint density at radius 2 is 2.31 bits per heavy atom. The van der Waals surface area contributed by atoms with Crippen molar-refractivity contribution < 1.29 is 9.23 Å². The van der Waals surface area contributed by atoms with Gasteiger partial charge in [0.05, 0.1) is 18.0 Å². The minimum absolute atomic E-state index is 0.157.